The first-order valence-electron chi connectivity index (χ1n) is 5.02. The number of halogens is 4. The van der Waals surface area contributed by atoms with Crippen molar-refractivity contribution in [1.29, 1.82) is 0 Å². The van der Waals surface area contributed by atoms with E-state index in [4.69, 9.17) is 4.74 Å². The fourth-order valence-electron chi connectivity index (χ4n) is 1.49. The summed E-state index contributed by atoms with van der Waals surface area (Å²) in [6.07, 6.45) is 2.82. The van der Waals surface area contributed by atoms with E-state index in [-0.39, 0.29) is 11.9 Å². The summed E-state index contributed by atoms with van der Waals surface area (Å²) in [6.45, 7) is 0. The first kappa shape index (κ1) is 12.5. The lowest BCUT2D eigenvalue weighted by atomic mass is 9.96. The zero-order valence-corrected chi connectivity index (χ0v) is 12.1. The van der Waals surface area contributed by atoms with Gasteiger partial charge in [0.25, 0.3) is 0 Å². The number of benzene rings is 1. The van der Waals surface area contributed by atoms with Crippen molar-refractivity contribution in [2.24, 2.45) is 0 Å². The van der Waals surface area contributed by atoms with Crippen LogP contribution in [0.25, 0.3) is 0 Å². The van der Waals surface area contributed by atoms with Gasteiger partial charge in [0.05, 0.1) is 9.67 Å². The van der Waals surface area contributed by atoms with Crippen molar-refractivity contribution >= 4 is 38.5 Å². The topological polar surface area (TPSA) is 9.23 Å². The van der Waals surface area contributed by atoms with Gasteiger partial charge < -0.3 is 4.74 Å². The van der Waals surface area contributed by atoms with Crippen molar-refractivity contribution in [2.75, 3.05) is 0 Å². The molecule has 0 atom stereocenters. The molecule has 0 bridgehead atoms. The molecule has 0 heterocycles. The summed E-state index contributed by atoms with van der Waals surface area (Å²) >= 11 is 5.03. The van der Waals surface area contributed by atoms with Crippen molar-refractivity contribution in [3.05, 3.63) is 26.8 Å². The molecule has 0 N–H and O–H groups in total. The molecule has 16 heavy (non-hydrogen) atoms. The molecular formula is C11H10BrF2IO. The van der Waals surface area contributed by atoms with Gasteiger partial charge >= 0.3 is 0 Å². The summed E-state index contributed by atoms with van der Waals surface area (Å²) in [5.74, 6) is -1.39. The van der Waals surface area contributed by atoms with Crippen molar-refractivity contribution in [3.63, 3.8) is 0 Å². The Balaban J connectivity index is 2.35. The zero-order valence-electron chi connectivity index (χ0n) is 8.40. The smallest absolute Gasteiger partial charge is 0.192 e. The highest BCUT2D eigenvalue weighted by Gasteiger charge is 2.25. The van der Waals surface area contributed by atoms with E-state index < -0.39 is 11.6 Å². The van der Waals surface area contributed by atoms with Gasteiger partial charge in [-0.3, -0.25) is 0 Å². The van der Waals surface area contributed by atoms with Gasteiger partial charge in [0, 0.05) is 10.9 Å². The van der Waals surface area contributed by atoms with Crippen LogP contribution in [0, 0.1) is 15.2 Å². The lowest BCUT2D eigenvalue weighted by Crippen LogP contribution is -2.25. The van der Waals surface area contributed by atoms with E-state index in [0.717, 1.165) is 19.3 Å². The van der Waals surface area contributed by atoms with Gasteiger partial charge in [-0.2, -0.15) is 0 Å². The number of alkyl halides is 1. The summed E-state index contributed by atoms with van der Waals surface area (Å²) in [7, 11) is 0. The molecule has 0 aliphatic heterocycles. The number of hydrogen-bond acceptors (Lipinski definition) is 1. The SMILES string of the molecule is Fc1c(I)cc(CBr)c(F)c1OC1CCC1. The van der Waals surface area contributed by atoms with Crippen molar-refractivity contribution in [1.82, 2.24) is 0 Å². The van der Waals surface area contributed by atoms with E-state index in [1.807, 2.05) is 22.6 Å². The van der Waals surface area contributed by atoms with Crippen molar-refractivity contribution < 1.29 is 13.5 Å². The molecule has 1 aliphatic rings. The average Bonchev–Trinajstić information content (AvgIpc) is 2.21. The third-order valence-electron chi connectivity index (χ3n) is 2.67. The summed E-state index contributed by atoms with van der Waals surface area (Å²) in [6, 6.07) is 1.49. The molecule has 0 saturated heterocycles. The quantitative estimate of drug-likeness (QED) is 0.413. The van der Waals surface area contributed by atoms with E-state index in [2.05, 4.69) is 15.9 Å². The normalized spacial score (nSPS) is 16.0. The molecule has 0 radical (unpaired) electrons. The maximum atomic E-state index is 13.8. The number of rotatable bonds is 3. The van der Waals surface area contributed by atoms with E-state index in [9.17, 15) is 8.78 Å². The van der Waals surface area contributed by atoms with Crippen LogP contribution in [0.4, 0.5) is 8.78 Å². The molecule has 1 aromatic rings. The minimum absolute atomic E-state index is 0.0228. The molecule has 1 nitrogen and oxygen atoms in total. The third kappa shape index (κ3) is 2.34. The molecule has 1 fully saturated rings. The van der Waals surface area contributed by atoms with Gasteiger partial charge in [-0.15, -0.1) is 0 Å². The monoisotopic (exact) mass is 402 g/mol. The predicted octanol–water partition coefficient (Wildman–Crippen LogP) is 4.40. The van der Waals surface area contributed by atoms with E-state index in [1.54, 1.807) is 0 Å². The minimum Gasteiger partial charge on any atom is -0.484 e. The molecule has 0 spiro atoms. The summed E-state index contributed by atoms with van der Waals surface area (Å²) < 4.78 is 33.3. The lowest BCUT2D eigenvalue weighted by molar-refractivity contribution is 0.109. The van der Waals surface area contributed by atoms with Crippen molar-refractivity contribution in [2.45, 2.75) is 30.7 Å². The lowest BCUT2D eigenvalue weighted by Gasteiger charge is -2.27. The van der Waals surface area contributed by atoms with Crippen LogP contribution < -0.4 is 4.74 Å². The summed E-state index contributed by atoms with van der Waals surface area (Å²) in [5.41, 5.74) is 0.431. The molecule has 1 saturated carbocycles. The highest BCUT2D eigenvalue weighted by atomic mass is 127. The van der Waals surface area contributed by atoms with Crippen LogP contribution >= 0.6 is 38.5 Å². The molecule has 1 aromatic carbocycles. The molecule has 1 aliphatic carbocycles. The maximum Gasteiger partial charge on any atom is 0.192 e. The van der Waals surface area contributed by atoms with Gasteiger partial charge in [-0.1, -0.05) is 15.9 Å². The van der Waals surface area contributed by atoms with Crippen LogP contribution in [0.15, 0.2) is 6.07 Å². The Kier molecular flexibility index (Phi) is 4.05. The zero-order chi connectivity index (χ0) is 11.7. The third-order valence-corrected chi connectivity index (χ3v) is 4.06. The number of ether oxygens (including phenoxy) is 1. The van der Waals surface area contributed by atoms with Crippen LogP contribution in [-0.4, -0.2) is 6.10 Å². The predicted molar refractivity (Wildman–Crippen MR) is 70.0 cm³/mol. The molecule has 0 aromatic heterocycles. The second-order valence-corrected chi connectivity index (χ2v) is 5.50. The largest absolute Gasteiger partial charge is 0.484 e. The fourth-order valence-corrected chi connectivity index (χ4v) is 2.52. The Morgan fingerprint density at radius 1 is 1.38 bits per heavy atom. The van der Waals surface area contributed by atoms with Crippen LogP contribution in [0.3, 0.4) is 0 Å². The van der Waals surface area contributed by atoms with Gasteiger partial charge in [0.15, 0.2) is 17.4 Å². The minimum atomic E-state index is -0.588. The van der Waals surface area contributed by atoms with Crippen molar-refractivity contribution in [3.8, 4) is 5.75 Å². The number of hydrogen-bond donors (Lipinski definition) is 0. The van der Waals surface area contributed by atoms with Gasteiger partial charge in [-0.25, -0.2) is 8.78 Å². The second kappa shape index (κ2) is 5.16. The first-order chi connectivity index (χ1) is 7.63. The Morgan fingerprint density at radius 2 is 2.06 bits per heavy atom. The van der Waals surface area contributed by atoms with Gasteiger partial charge in [-0.05, 0) is 47.9 Å². The molecule has 0 unspecified atom stereocenters. The van der Waals surface area contributed by atoms with E-state index in [1.165, 1.54) is 6.07 Å². The molecule has 5 heteroatoms. The molecule has 2 rings (SSSR count). The second-order valence-electron chi connectivity index (χ2n) is 3.78. The first-order valence-corrected chi connectivity index (χ1v) is 7.22. The summed E-state index contributed by atoms with van der Waals surface area (Å²) in [5, 5.41) is 0.357. The molecular weight excluding hydrogens is 393 g/mol. The average molecular weight is 403 g/mol. The van der Waals surface area contributed by atoms with Gasteiger partial charge in [0.2, 0.25) is 0 Å². The Labute approximate surface area is 115 Å². The highest BCUT2D eigenvalue weighted by molar-refractivity contribution is 14.1. The van der Waals surface area contributed by atoms with Crippen LogP contribution in [0.2, 0.25) is 0 Å². The van der Waals surface area contributed by atoms with Gasteiger partial charge in [0.1, 0.15) is 0 Å². The summed E-state index contributed by atoms with van der Waals surface area (Å²) in [4.78, 5) is 0. The Hall–Kier alpha value is 0.0900. The fraction of sp³-hybridized carbons (Fsp3) is 0.455. The molecule has 88 valence electrons. The van der Waals surface area contributed by atoms with E-state index in [0.29, 0.717) is 14.5 Å². The highest BCUT2D eigenvalue weighted by Crippen LogP contribution is 2.33. The van der Waals surface area contributed by atoms with Crippen LogP contribution in [0.1, 0.15) is 24.8 Å². The van der Waals surface area contributed by atoms with E-state index >= 15 is 0 Å². The standard InChI is InChI=1S/C11H10BrF2IO/c12-5-6-4-8(15)10(14)11(9(6)13)16-7-2-1-3-7/h4,7H,1-3,5H2. The Bertz CT molecular complexity index is 407. The van der Waals surface area contributed by atoms with Crippen LogP contribution in [-0.2, 0) is 5.33 Å². The Morgan fingerprint density at radius 3 is 2.56 bits per heavy atom. The van der Waals surface area contributed by atoms with Crippen LogP contribution in [0.5, 0.6) is 5.75 Å². The maximum absolute atomic E-state index is 13.8. The molecule has 0 amide bonds.